The minimum Gasteiger partial charge on any atom is -0.387 e. The molecule has 2 heteroatoms. The summed E-state index contributed by atoms with van der Waals surface area (Å²) in [5.41, 5.74) is 1.02. The summed E-state index contributed by atoms with van der Waals surface area (Å²) in [6.45, 7) is 3.04. The van der Waals surface area contributed by atoms with E-state index < -0.39 is 0 Å². The van der Waals surface area contributed by atoms with Gasteiger partial charge in [-0.05, 0) is 44.2 Å². The Hall–Kier alpha value is -0.860. The third kappa shape index (κ3) is 4.05. The average molecular weight is 261 g/mol. The van der Waals surface area contributed by atoms with Gasteiger partial charge in [0.2, 0.25) is 0 Å². The number of nitrogens with zero attached hydrogens (tertiary/aromatic N) is 1. The normalized spacial score (nSPS) is 25.5. The van der Waals surface area contributed by atoms with Crippen LogP contribution in [-0.2, 0) is 0 Å². The van der Waals surface area contributed by atoms with Crippen molar-refractivity contribution in [3.8, 4) is 0 Å². The van der Waals surface area contributed by atoms with Crippen LogP contribution in [-0.4, -0.2) is 29.6 Å². The molecule has 106 valence electrons. The number of hydrogen-bond acceptors (Lipinski definition) is 2. The van der Waals surface area contributed by atoms with Gasteiger partial charge in [-0.2, -0.15) is 0 Å². The van der Waals surface area contributed by atoms with Crippen molar-refractivity contribution < 1.29 is 5.11 Å². The van der Waals surface area contributed by atoms with Crippen LogP contribution in [0.4, 0.5) is 0 Å². The van der Waals surface area contributed by atoms with Gasteiger partial charge in [0, 0.05) is 12.6 Å². The van der Waals surface area contributed by atoms with Crippen molar-refractivity contribution in [3.63, 3.8) is 0 Å². The Morgan fingerprint density at radius 1 is 1.16 bits per heavy atom. The first-order chi connectivity index (χ1) is 9.20. The summed E-state index contributed by atoms with van der Waals surface area (Å²) >= 11 is 0. The van der Waals surface area contributed by atoms with Gasteiger partial charge < -0.3 is 10.0 Å². The minimum atomic E-state index is -0.366. The van der Waals surface area contributed by atoms with E-state index in [1.807, 2.05) is 30.3 Å². The molecule has 0 spiro atoms. The van der Waals surface area contributed by atoms with Gasteiger partial charge in [-0.15, -0.1) is 0 Å². The zero-order valence-electron chi connectivity index (χ0n) is 12.3. The van der Waals surface area contributed by atoms with Crippen molar-refractivity contribution in [3.05, 3.63) is 35.9 Å². The van der Waals surface area contributed by atoms with Gasteiger partial charge >= 0.3 is 0 Å². The second kappa shape index (κ2) is 7.06. The zero-order valence-corrected chi connectivity index (χ0v) is 12.3. The molecule has 0 radical (unpaired) electrons. The number of hydrogen-bond donors (Lipinski definition) is 1. The summed E-state index contributed by atoms with van der Waals surface area (Å²) < 4.78 is 0. The molecule has 0 saturated heterocycles. The second-order valence-corrected chi connectivity index (χ2v) is 5.95. The fourth-order valence-electron chi connectivity index (χ4n) is 3.20. The lowest BCUT2D eigenvalue weighted by atomic mass is 9.84. The molecule has 1 aliphatic carbocycles. The maximum Gasteiger partial charge on any atom is 0.0916 e. The highest BCUT2D eigenvalue weighted by molar-refractivity contribution is 5.17. The fourth-order valence-corrected chi connectivity index (χ4v) is 3.20. The zero-order chi connectivity index (χ0) is 13.7. The third-order valence-corrected chi connectivity index (χ3v) is 4.66. The molecule has 1 aromatic carbocycles. The Morgan fingerprint density at radius 2 is 1.79 bits per heavy atom. The van der Waals surface area contributed by atoms with Crippen LogP contribution in [0.5, 0.6) is 0 Å². The lowest BCUT2D eigenvalue weighted by Crippen LogP contribution is -2.37. The molecule has 1 atom stereocenters. The molecule has 0 bridgehead atoms. The Kier molecular flexibility index (Phi) is 5.41. The molecule has 19 heavy (non-hydrogen) atoms. The predicted molar refractivity (Wildman–Crippen MR) is 80.1 cm³/mol. The molecule has 1 aromatic rings. The summed E-state index contributed by atoms with van der Waals surface area (Å²) in [6.07, 6.45) is 6.24. The number of likely N-dealkylation sites (N-methyl/N-ethyl adjacent to an activating group) is 1. The van der Waals surface area contributed by atoms with Gasteiger partial charge in [-0.3, -0.25) is 0 Å². The summed E-state index contributed by atoms with van der Waals surface area (Å²) in [7, 11) is 2.16. The quantitative estimate of drug-likeness (QED) is 0.875. The van der Waals surface area contributed by atoms with Crippen LogP contribution in [0, 0.1) is 5.92 Å². The average Bonchev–Trinajstić information content (AvgIpc) is 2.48. The summed E-state index contributed by atoms with van der Waals surface area (Å²) in [6, 6.07) is 10.6. The van der Waals surface area contributed by atoms with Crippen LogP contribution in [0.2, 0.25) is 0 Å². The van der Waals surface area contributed by atoms with Crippen LogP contribution >= 0.6 is 0 Å². The highest BCUT2D eigenvalue weighted by atomic mass is 16.3. The largest absolute Gasteiger partial charge is 0.387 e. The van der Waals surface area contributed by atoms with E-state index in [0.29, 0.717) is 6.04 Å². The molecule has 1 fully saturated rings. The first-order valence-corrected chi connectivity index (χ1v) is 7.64. The van der Waals surface area contributed by atoms with Gasteiger partial charge in [-0.25, -0.2) is 0 Å². The molecular weight excluding hydrogens is 234 g/mol. The monoisotopic (exact) mass is 261 g/mol. The topological polar surface area (TPSA) is 23.5 Å². The van der Waals surface area contributed by atoms with E-state index in [-0.39, 0.29) is 6.10 Å². The van der Waals surface area contributed by atoms with Crippen molar-refractivity contribution in [1.82, 2.24) is 4.90 Å². The summed E-state index contributed by atoms with van der Waals surface area (Å²) in [5, 5.41) is 10.3. The van der Waals surface area contributed by atoms with Gasteiger partial charge in [0.1, 0.15) is 0 Å². The molecule has 1 saturated carbocycles. The molecule has 0 aliphatic heterocycles. The standard InChI is InChI=1S/C17H27NO/c1-3-14-9-11-16(12-10-14)18(2)13-17(19)15-7-5-4-6-8-15/h4-8,14,16-17,19H,3,9-13H2,1-2H3. The lowest BCUT2D eigenvalue weighted by Gasteiger charge is -2.35. The van der Waals surface area contributed by atoms with Crippen LogP contribution in [0.1, 0.15) is 50.7 Å². The van der Waals surface area contributed by atoms with E-state index in [4.69, 9.17) is 0 Å². The van der Waals surface area contributed by atoms with E-state index in [2.05, 4.69) is 18.9 Å². The van der Waals surface area contributed by atoms with Crippen molar-refractivity contribution in [2.45, 2.75) is 51.2 Å². The highest BCUT2D eigenvalue weighted by Crippen LogP contribution is 2.29. The number of aliphatic hydroxyl groups is 1. The molecule has 2 nitrogen and oxygen atoms in total. The smallest absolute Gasteiger partial charge is 0.0916 e. The van der Waals surface area contributed by atoms with Gasteiger partial charge in [0.25, 0.3) is 0 Å². The van der Waals surface area contributed by atoms with Crippen molar-refractivity contribution >= 4 is 0 Å². The summed E-state index contributed by atoms with van der Waals surface area (Å²) in [4.78, 5) is 2.35. The highest BCUT2D eigenvalue weighted by Gasteiger charge is 2.24. The third-order valence-electron chi connectivity index (χ3n) is 4.66. The van der Waals surface area contributed by atoms with E-state index in [1.54, 1.807) is 0 Å². The number of aliphatic hydroxyl groups excluding tert-OH is 1. The van der Waals surface area contributed by atoms with Crippen LogP contribution in [0.15, 0.2) is 30.3 Å². The van der Waals surface area contributed by atoms with Gasteiger partial charge in [0.15, 0.2) is 0 Å². The maximum atomic E-state index is 10.3. The van der Waals surface area contributed by atoms with Crippen molar-refractivity contribution in [2.24, 2.45) is 5.92 Å². The molecule has 0 heterocycles. The van der Waals surface area contributed by atoms with Gasteiger partial charge in [-0.1, -0.05) is 43.7 Å². The van der Waals surface area contributed by atoms with Gasteiger partial charge in [0.05, 0.1) is 6.10 Å². The molecule has 1 unspecified atom stereocenters. The molecule has 0 aromatic heterocycles. The lowest BCUT2D eigenvalue weighted by molar-refractivity contribution is 0.0840. The van der Waals surface area contributed by atoms with E-state index in [9.17, 15) is 5.11 Å². The fraction of sp³-hybridized carbons (Fsp3) is 0.647. The molecular formula is C17H27NO. The first-order valence-electron chi connectivity index (χ1n) is 7.64. The van der Waals surface area contributed by atoms with E-state index in [0.717, 1.165) is 18.0 Å². The molecule has 2 rings (SSSR count). The number of rotatable bonds is 5. The predicted octanol–water partition coefficient (Wildman–Crippen LogP) is 3.62. The van der Waals surface area contributed by atoms with E-state index >= 15 is 0 Å². The number of benzene rings is 1. The molecule has 0 amide bonds. The van der Waals surface area contributed by atoms with Crippen molar-refractivity contribution in [2.75, 3.05) is 13.6 Å². The minimum absolute atomic E-state index is 0.366. The Morgan fingerprint density at radius 3 is 2.37 bits per heavy atom. The van der Waals surface area contributed by atoms with Crippen LogP contribution in [0.3, 0.4) is 0 Å². The Bertz CT molecular complexity index is 357. The Balaban J connectivity index is 1.83. The van der Waals surface area contributed by atoms with E-state index in [1.165, 1.54) is 32.1 Å². The maximum absolute atomic E-state index is 10.3. The SMILES string of the molecule is CCC1CCC(N(C)CC(O)c2ccccc2)CC1. The van der Waals surface area contributed by atoms with Crippen LogP contribution < -0.4 is 0 Å². The Labute approximate surface area is 117 Å². The van der Waals surface area contributed by atoms with Crippen LogP contribution in [0.25, 0.3) is 0 Å². The first kappa shape index (κ1) is 14.5. The summed E-state index contributed by atoms with van der Waals surface area (Å²) in [5.74, 6) is 0.934. The second-order valence-electron chi connectivity index (χ2n) is 5.95. The molecule has 1 N–H and O–H groups in total. The molecule has 1 aliphatic rings. The van der Waals surface area contributed by atoms with Crippen molar-refractivity contribution in [1.29, 1.82) is 0 Å².